The molecule has 0 unspecified atom stereocenters. The second-order valence-electron chi connectivity index (χ2n) is 7.80. The number of carbonyl (C=O) groups is 1. The van der Waals surface area contributed by atoms with E-state index >= 15 is 0 Å². The van der Waals surface area contributed by atoms with E-state index in [9.17, 15) is 10.1 Å². The predicted molar refractivity (Wildman–Crippen MR) is 131 cm³/mol. The molecule has 1 aliphatic rings. The van der Waals surface area contributed by atoms with Crippen molar-refractivity contribution in [2.75, 3.05) is 28.6 Å². The molecule has 0 aromatic heterocycles. The molecule has 2 N–H and O–H groups in total. The average Bonchev–Trinajstić information content (AvgIpc) is 2.87. The fourth-order valence-electron chi connectivity index (χ4n) is 3.65. The van der Waals surface area contributed by atoms with E-state index in [1.54, 1.807) is 24.3 Å². The summed E-state index contributed by atoms with van der Waals surface area (Å²) < 4.78 is 5.75. The molecular weight excluding hydrogens is 412 g/mol. The highest BCUT2D eigenvalue weighted by molar-refractivity contribution is 6.06. The second kappa shape index (κ2) is 10.9. The number of nitrogens with one attached hydrogen (secondary N) is 2. The van der Waals surface area contributed by atoms with Crippen LogP contribution in [-0.4, -0.2) is 19.0 Å². The molecule has 33 heavy (non-hydrogen) atoms. The third-order valence-corrected chi connectivity index (χ3v) is 5.43. The van der Waals surface area contributed by atoms with Crippen LogP contribution in [-0.2, 0) is 4.79 Å². The Labute approximate surface area is 194 Å². The second-order valence-corrected chi connectivity index (χ2v) is 7.80. The molecule has 0 radical (unpaired) electrons. The Hall–Kier alpha value is -4.24. The minimum Gasteiger partial charge on any atom is -0.457 e. The highest BCUT2D eigenvalue weighted by Crippen LogP contribution is 2.24. The minimum absolute atomic E-state index is 0.0141. The zero-order chi connectivity index (χ0) is 22.9. The Morgan fingerprint density at radius 3 is 2.15 bits per heavy atom. The van der Waals surface area contributed by atoms with Crippen LogP contribution in [0.3, 0.4) is 0 Å². The van der Waals surface area contributed by atoms with Crippen molar-refractivity contribution in [2.45, 2.75) is 19.3 Å². The summed E-state index contributed by atoms with van der Waals surface area (Å²) in [5.74, 6) is 0.913. The van der Waals surface area contributed by atoms with E-state index in [1.165, 1.54) is 31.1 Å². The quantitative estimate of drug-likeness (QED) is 0.353. The standard InChI is InChI=1S/C27H26N4O2/c28-19-21(20-29-22-9-13-24(14-10-22)31-17-5-2-6-18-31)27(32)30-23-11-15-26(16-12-23)33-25-7-3-1-4-8-25/h1,3-4,7-16,20,29H,2,5-6,17-18H2,(H,30,32)/b21-20-. The minimum atomic E-state index is -0.480. The van der Waals surface area contributed by atoms with Crippen molar-refractivity contribution in [3.05, 3.63) is 90.6 Å². The van der Waals surface area contributed by atoms with Gasteiger partial charge in [-0.3, -0.25) is 4.79 Å². The molecule has 6 nitrogen and oxygen atoms in total. The van der Waals surface area contributed by atoms with Crippen LogP contribution < -0.4 is 20.3 Å². The lowest BCUT2D eigenvalue weighted by atomic mass is 10.1. The maximum Gasteiger partial charge on any atom is 0.267 e. The first-order valence-electron chi connectivity index (χ1n) is 11.1. The highest BCUT2D eigenvalue weighted by Gasteiger charge is 2.11. The van der Waals surface area contributed by atoms with Crippen molar-refractivity contribution in [3.8, 4) is 17.6 Å². The normalized spacial score (nSPS) is 13.7. The van der Waals surface area contributed by atoms with Gasteiger partial charge in [0.15, 0.2) is 0 Å². The lowest BCUT2D eigenvalue weighted by Crippen LogP contribution is -2.29. The highest BCUT2D eigenvalue weighted by atomic mass is 16.5. The summed E-state index contributed by atoms with van der Waals surface area (Å²) in [5.41, 5.74) is 2.58. The summed E-state index contributed by atoms with van der Waals surface area (Å²) in [7, 11) is 0. The zero-order valence-corrected chi connectivity index (χ0v) is 18.3. The van der Waals surface area contributed by atoms with E-state index in [4.69, 9.17) is 4.74 Å². The van der Waals surface area contributed by atoms with Crippen molar-refractivity contribution in [3.63, 3.8) is 0 Å². The molecule has 1 saturated heterocycles. The number of para-hydroxylation sites is 1. The molecule has 1 aliphatic heterocycles. The Kier molecular flexibility index (Phi) is 7.24. The lowest BCUT2D eigenvalue weighted by molar-refractivity contribution is -0.112. The van der Waals surface area contributed by atoms with Crippen molar-refractivity contribution in [1.29, 1.82) is 5.26 Å². The molecule has 1 amide bonds. The van der Waals surface area contributed by atoms with Crippen LogP contribution in [0.25, 0.3) is 0 Å². The number of amides is 1. The first kappa shape index (κ1) is 22.0. The van der Waals surface area contributed by atoms with Gasteiger partial charge in [0.2, 0.25) is 0 Å². The number of hydrogen-bond acceptors (Lipinski definition) is 5. The monoisotopic (exact) mass is 438 g/mol. The van der Waals surface area contributed by atoms with Crippen LogP contribution in [0, 0.1) is 11.3 Å². The lowest BCUT2D eigenvalue weighted by Gasteiger charge is -2.28. The average molecular weight is 439 g/mol. The van der Waals surface area contributed by atoms with Gasteiger partial charge in [-0.05, 0) is 79.9 Å². The molecule has 0 aliphatic carbocycles. The maximum absolute atomic E-state index is 12.5. The summed E-state index contributed by atoms with van der Waals surface area (Å²) in [4.78, 5) is 14.9. The van der Waals surface area contributed by atoms with Gasteiger partial charge < -0.3 is 20.3 Å². The molecule has 0 spiro atoms. The van der Waals surface area contributed by atoms with Gasteiger partial charge in [0.25, 0.3) is 5.91 Å². The molecule has 3 aromatic rings. The molecule has 1 fully saturated rings. The van der Waals surface area contributed by atoms with Gasteiger partial charge in [-0.1, -0.05) is 18.2 Å². The summed E-state index contributed by atoms with van der Waals surface area (Å²) in [6.07, 6.45) is 5.18. The van der Waals surface area contributed by atoms with Crippen LogP contribution in [0.4, 0.5) is 17.1 Å². The van der Waals surface area contributed by atoms with Gasteiger partial charge >= 0.3 is 0 Å². The number of nitrogens with zero attached hydrogens (tertiary/aromatic N) is 2. The third-order valence-electron chi connectivity index (χ3n) is 5.43. The fraction of sp³-hybridized carbons (Fsp3) is 0.185. The van der Waals surface area contributed by atoms with Crippen LogP contribution in [0.1, 0.15) is 19.3 Å². The number of nitriles is 1. The molecule has 1 heterocycles. The van der Waals surface area contributed by atoms with Crippen molar-refractivity contribution < 1.29 is 9.53 Å². The number of hydrogen-bond donors (Lipinski definition) is 2. The van der Waals surface area contributed by atoms with Crippen LogP contribution in [0.15, 0.2) is 90.6 Å². The molecule has 3 aromatic carbocycles. The molecule has 166 valence electrons. The van der Waals surface area contributed by atoms with Crippen molar-refractivity contribution in [1.82, 2.24) is 0 Å². The van der Waals surface area contributed by atoms with Crippen LogP contribution in [0.2, 0.25) is 0 Å². The van der Waals surface area contributed by atoms with E-state index < -0.39 is 5.91 Å². The van der Waals surface area contributed by atoms with E-state index in [2.05, 4.69) is 27.7 Å². The summed E-state index contributed by atoms with van der Waals surface area (Å²) in [6, 6.07) is 26.4. The number of rotatable bonds is 7. The number of piperidine rings is 1. The largest absolute Gasteiger partial charge is 0.457 e. The number of benzene rings is 3. The van der Waals surface area contributed by atoms with Crippen LogP contribution in [0.5, 0.6) is 11.5 Å². The zero-order valence-electron chi connectivity index (χ0n) is 18.3. The van der Waals surface area contributed by atoms with Gasteiger partial charge in [-0.25, -0.2) is 0 Å². The van der Waals surface area contributed by atoms with E-state index in [0.29, 0.717) is 11.4 Å². The maximum atomic E-state index is 12.5. The Bertz CT molecular complexity index is 1130. The Morgan fingerprint density at radius 2 is 1.48 bits per heavy atom. The van der Waals surface area contributed by atoms with Crippen molar-refractivity contribution in [2.24, 2.45) is 0 Å². The number of anilines is 3. The van der Waals surface area contributed by atoms with Crippen LogP contribution >= 0.6 is 0 Å². The van der Waals surface area contributed by atoms with Gasteiger partial charge in [0.05, 0.1) is 0 Å². The van der Waals surface area contributed by atoms with Crippen molar-refractivity contribution >= 4 is 23.0 Å². The van der Waals surface area contributed by atoms with Gasteiger partial charge in [-0.2, -0.15) is 5.26 Å². The van der Waals surface area contributed by atoms with Gasteiger partial charge in [0, 0.05) is 36.4 Å². The topological polar surface area (TPSA) is 77.4 Å². The summed E-state index contributed by atoms with van der Waals surface area (Å²) in [6.45, 7) is 2.18. The molecule has 6 heteroatoms. The SMILES string of the molecule is N#C/C(=C/Nc1ccc(N2CCCCC2)cc1)C(=O)Nc1ccc(Oc2ccccc2)cc1. The Balaban J connectivity index is 1.33. The molecule has 0 saturated carbocycles. The summed E-state index contributed by atoms with van der Waals surface area (Å²) >= 11 is 0. The molecule has 0 atom stereocenters. The summed E-state index contributed by atoms with van der Waals surface area (Å²) in [5, 5.41) is 15.2. The molecule has 0 bridgehead atoms. The van der Waals surface area contributed by atoms with Gasteiger partial charge in [0.1, 0.15) is 23.1 Å². The smallest absolute Gasteiger partial charge is 0.267 e. The van der Waals surface area contributed by atoms with Gasteiger partial charge in [-0.15, -0.1) is 0 Å². The first-order valence-corrected chi connectivity index (χ1v) is 11.1. The first-order chi connectivity index (χ1) is 16.2. The molecule has 4 rings (SSSR count). The predicted octanol–water partition coefficient (Wildman–Crippen LogP) is 5.93. The number of ether oxygens (including phenoxy) is 1. The Morgan fingerprint density at radius 1 is 0.848 bits per heavy atom. The third kappa shape index (κ3) is 6.14. The van der Waals surface area contributed by atoms with E-state index in [1.807, 2.05) is 48.5 Å². The molecular formula is C27H26N4O2. The fourth-order valence-corrected chi connectivity index (χ4v) is 3.65. The van der Waals surface area contributed by atoms with E-state index in [0.717, 1.165) is 24.5 Å². The number of carbonyl (C=O) groups excluding carboxylic acids is 1. The van der Waals surface area contributed by atoms with E-state index in [-0.39, 0.29) is 5.57 Å².